The van der Waals surface area contributed by atoms with Crippen LogP contribution in [0.5, 0.6) is 5.75 Å². The summed E-state index contributed by atoms with van der Waals surface area (Å²) >= 11 is 0. The topological polar surface area (TPSA) is 131 Å². The van der Waals surface area contributed by atoms with E-state index in [4.69, 9.17) is 10.5 Å². The number of carbonyl (C=O) groups is 2. The number of carbonyl (C=O) groups excluding carboxylic acids is 2. The van der Waals surface area contributed by atoms with Gasteiger partial charge in [0.1, 0.15) is 5.75 Å². The number of sulfonamides is 1. The quantitative estimate of drug-likeness (QED) is 0.330. The molecule has 3 aromatic carbocycles. The van der Waals surface area contributed by atoms with Gasteiger partial charge in [0, 0.05) is 5.56 Å². The van der Waals surface area contributed by atoms with Gasteiger partial charge < -0.3 is 10.5 Å². The fourth-order valence-electron chi connectivity index (χ4n) is 3.16. The van der Waals surface area contributed by atoms with Crippen LogP contribution in [0, 0.1) is 6.92 Å². The first-order valence-electron chi connectivity index (χ1n) is 10.6. The number of amides is 2. The molecule has 35 heavy (non-hydrogen) atoms. The maximum atomic E-state index is 12.4. The Hall–Kier alpha value is -4.18. The number of anilines is 1. The number of nitrogens with one attached hydrogen (secondary N) is 1. The molecule has 0 heterocycles. The summed E-state index contributed by atoms with van der Waals surface area (Å²) in [5.41, 5.74) is 10.8. The summed E-state index contributed by atoms with van der Waals surface area (Å²) in [6.07, 6.45) is 2.61. The van der Waals surface area contributed by atoms with E-state index in [1.54, 1.807) is 48.5 Å². The second kappa shape index (κ2) is 11.3. The first-order valence-corrected chi connectivity index (χ1v) is 12.4. The van der Waals surface area contributed by atoms with Crippen molar-refractivity contribution in [3.63, 3.8) is 0 Å². The van der Waals surface area contributed by atoms with Gasteiger partial charge in [-0.2, -0.15) is 5.10 Å². The molecule has 182 valence electrons. The maximum Gasteiger partial charge on any atom is 0.271 e. The molecule has 3 aromatic rings. The minimum absolute atomic E-state index is 0.188. The summed E-state index contributed by atoms with van der Waals surface area (Å²) in [4.78, 5) is 23.2. The number of hydrazone groups is 1. The Labute approximate surface area is 204 Å². The first kappa shape index (κ1) is 25.4. The van der Waals surface area contributed by atoms with Crippen LogP contribution in [-0.2, 0) is 21.4 Å². The number of hydrogen-bond acceptors (Lipinski definition) is 6. The van der Waals surface area contributed by atoms with Gasteiger partial charge in [0.2, 0.25) is 10.0 Å². The van der Waals surface area contributed by atoms with E-state index in [1.807, 2.05) is 31.2 Å². The summed E-state index contributed by atoms with van der Waals surface area (Å²) in [5, 5.41) is 3.94. The summed E-state index contributed by atoms with van der Waals surface area (Å²) in [6.45, 7) is 1.90. The van der Waals surface area contributed by atoms with Gasteiger partial charge in [0.15, 0.2) is 6.61 Å². The van der Waals surface area contributed by atoms with E-state index in [2.05, 4.69) is 10.5 Å². The third-order valence-corrected chi connectivity index (χ3v) is 6.17. The van der Waals surface area contributed by atoms with Crippen LogP contribution in [0.15, 0.2) is 77.9 Å². The van der Waals surface area contributed by atoms with E-state index in [9.17, 15) is 18.0 Å². The second-order valence-electron chi connectivity index (χ2n) is 7.77. The highest BCUT2D eigenvalue weighted by molar-refractivity contribution is 7.92. The standard InChI is InChI=1S/C25H26N4O5S/c1-18-5-3-4-6-21(18)16-29(35(2,32)33)22-11-9-20(10-12-22)25(31)28-27-15-19-7-13-23(14-8-19)34-17-24(26)30/h3-15H,16-17H2,1-2H3,(H2,26,30)(H,28,31)/b27-15+. The molecule has 0 fully saturated rings. The van der Waals surface area contributed by atoms with Gasteiger partial charge in [0.05, 0.1) is 24.7 Å². The van der Waals surface area contributed by atoms with E-state index in [1.165, 1.54) is 10.5 Å². The zero-order valence-corrected chi connectivity index (χ0v) is 20.2. The molecule has 0 radical (unpaired) electrons. The summed E-state index contributed by atoms with van der Waals surface area (Å²) in [7, 11) is -3.54. The molecular formula is C25H26N4O5S. The Kier molecular flexibility index (Phi) is 8.21. The minimum Gasteiger partial charge on any atom is -0.484 e. The van der Waals surface area contributed by atoms with Gasteiger partial charge in [0.25, 0.3) is 11.8 Å². The Morgan fingerprint density at radius 2 is 1.69 bits per heavy atom. The average Bonchev–Trinajstić information content (AvgIpc) is 2.82. The van der Waals surface area contributed by atoms with Crippen LogP contribution in [0.2, 0.25) is 0 Å². The van der Waals surface area contributed by atoms with Crippen LogP contribution in [0.25, 0.3) is 0 Å². The van der Waals surface area contributed by atoms with Crippen LogP contribution in [-0.4, -0.2) is 39.3 Å². The van der Waals surface area contributed by atoms with E-state index in [0.29, 0.717) is 22.6 Å². The predicted octanol–water partition coefficient (Wildman–Crippen LogP) is 2.59. The number of aryl methyl sites for hydroxylation is 1. The smallest absolute Gasteiger partial charge is 0.271 e. The van der Waals surface area contributed by atoms with Crippen molar-refractivity contribution in [2.45, 2.75) is 13.5 Å². The highest BCUT2D eigenvalue weighted by Gasteiger charge is 2.19. The molecule has 0 aliphatic rings. The van der Waals surface area contributed by atoms with Gasteiger partial charge in [-0.25, -0.2) is 13.8 Å². The lowest BCUT2D eigenvalue weighted by Gasteiger charge is -2.23. The highest BCUT2D eigenvalue weighted by atomic mass is 32.2. The number of nitrogens with two attached hydrogens (primary N) is 1. The van der Waals surface area contributed by atoms with Gasteiger partial charge in [-0.3, -0.25) is 13.9 Å². The molecular weight excluding hydrogens is 468 g/mol. The molecule has 0 atom stereocenters. The number of ether oxygens (including phenoxy) is 1. The lowest BCUT2D eigenvalue weighted by atomic mass is 10.1. The molecule has 0 unspecified atom stereocenters. The Balaban J connectivity index is 1.64. The molecule has 0 aliphatic heterocycles. The zero-order chi connectivity index (χ0) is 25.4. The van der Waals surface area contributed by atoms with Gasteiger partial charge >= 0.3 is 0 Å². The van der Waals surface area contributed by atoms with Crippen molar-refractivity contribution in [2.24, 2.45) is 10.8 Å². The molecule has 3 rings (SSSR count). The van der Waals surface area contributed by atoms with E-state index < -0.39 is 21.8 Å². The minimum atomic E-state index is -3.54. The number of primary amides is 1. The van der Waals surface area contributed by atoms with Crippen molar-refractivity contribution in [1.82, 2.24) is 5.43 Å². The molecule has 0 saturated heterocycles. The molecule has 0 saturated carbocycles. The van der Waals surface area contributed by atoms with Crippen molar-refractivity contribution in [3.05, 3.63) is 95.1 Å². The van der Waals surface area contributed by atoms with Crippen LogP contribution >= 0.6 is 0 Å². The third-order valence-electron chi connectivity index (χ3n) is 5.03. The molecule has 0 aromatic heterocycles. The van der Waals surface area contributed by atoms with Gasteiger partial charge in [-0.1, -0.05) is 24.3 Å². The normalized spacial score (nSPS) is 11.3. The van der Waals surface area contributed by atoms with Gasteiger partial charge in [-0.15, -0.1) is 0 Å². The SMILES string of the molecule is Cc1ccccc1CN(c1ccc(C(=O)N/N=C/c2ccc(OCC(N)=O)cc2)cc1)S(C)(=O)=O. The second-order valence-corrected chi connectivity index (χ2v) is 9.67. The number of benzene rings is 3. The largest absolute Gasteiger partial charge is 0.484 e. The Morgan fingerprint density at radius 3 is 2.29 bits per heavy atom. The average molecular weight is 495 g/mol. The monoisotopic (exact) mass is 494 g/mol. The number of rotatable bonds is 10. The number of hydrogen-bond donors (Lipinski definition) is 2. The lowest BCUT2D eigenvalue weighted by molar-refractivity contribution is -0.119. The van der Waals surface area contributed by atoms with Crippen molar-refractivity contribution in [2.75, 3.05) is 17.2 Å². The molecule has 0 spiro atoms. The maximum absolute atomic E-state index is 12.4. The Morgan fingerprint density at radius 1 is 1.03 bits per heavy atom. The molecule has 9 nitrogen and oxygen atoms in total. The van der Waals surface area contributed by atoms with Crippen LogP contribution in [0.4, 0.5) is 5.69 Å². The van der Waals surface area contributed by atoms with Crippen LogP contribution in [0.3, 0.4) is 0 Å². The van der Waals surface area contributed by atoms with E-state index in [0.717, 1.165) is 17.4 Å². The predicted molar refractivity (Wildman–Crippen MR) is 135 cm³/mol. The molecule has 0 aliphatic carbocycles. The summed E-state index contributed by atoms with van der Waals surface area (Å²) < 4.78 is 31.3. The van der Waals surface area contributed by atoms with Crippen molar-refractivity contribution >= 4 is 33.7 Å². The number of nitrogens with zero attached hydrogens (tertiary/aromatic N) is 2. The lowest BCUT2D eigenvalue weighted by Crippen LogP contribution is -2.29. The van der Waals surface area contributed by atoms with Crippen molar-refractivity contribution in [3.8, 4) is 5.75 Å². The Bertz CT molecular complexity index is 1320. The molecule has 10 heteroatoms. The first-order chi connectivity index (χ1) is 16.6. The van der Waals surface area contributed by atoms with Gasteiger partial charge in [-0.05, 0) is 72.1 Å². The van der Waals surface area contributed by atoms with Crippen molar-refractivity contribution < 1.29 is 22.7 Å². The molecule has 2 amide bonds. The fraction of sp³-hybridized carbons (Fsp3) is 0.160. The summed E-state index contributed by atoms with van der Waals surface area (Å²) in [5.74, 6) is -0.531. The van der Waals surface area contributed by atoms with Crippen LogP contribution in [0.1, 0.15) is 27.0 Å². The highest BCUT2D eigenvalue weighted by Crippen LogP contribution is 2.22. The third kappa shape index (κ3) is 7.41. The molecule has 3 N–H and O–H groups in total. The summed E-state index contributed by atoms with van der Waals surface area (Å²) in [6, 6.07) is 20.5. The van der Waals surface area contributed by atoms with Crippen LogP contribution < -0.4 is 20.2 Å². The fourth-order valence-corrected chi connectivity index (χ4v) is 4.03. The van der Waals surface area contributed by atoms with E-state index in [-0.39, 0.29) is 13.2 Å². The van der Waals surface area contributed by atoms with E-state index >= 15 is 0 Å². The zero-order valence-electron chi connectivity index (χ0n) is 19.3. The van der Waals surface area contributed by atoms with Crippen molar-refractivity contribution in [1.29, 1.82) is 0 Å². The molecule has 0 bridgehead atoms.